The largest absolute Gasteiger partial charge is 0.394 e. The van der Waals surface area contributed by atoms with E-state index < -0.39 is 28.7 Å². The molecular formula is C29H28ClN3O4S. The fraction of sp³-hybridized carbons (Fsp3) is 0.345. The summed E-state index contributed by atoms with van der Waals surface area (Å²) in [7, 11) is 0. The highest BCUT2D eigenvalue weighted by atomic mass is 35.5. The second kappa shape index (κ2) is 9.59. The van der Waals surface area contributed by atoms with Crippen LogP contribution in [0.15, 0.2) is 78.9 Å². The van der Waals surface area contributed by atoms with E-state index in [0.717, 1.165) is 5.69 Å². The molecule has 6 rings (SSSR count). The lowest BCUT2D eigenvalue weighted by molar-refractivity contribution is -0.141. The van der Waals surface area contributed by atoms with E-state index in [1.165, 1.54) is 16.7 Å². The SMILES string of the molecule is C[C@H](CO)N1C(=O)[C@@H]2[C@@H]3C(=O)N(c4ccccc4)CC=C[C@@H]3S[C@@]23C=CCN(c2ccccc2Cl)C(=O)C13. The van der Waals surface area contributed by atoms with Crippen LogP contribution in [0.1, 0.15) is 6.92 Å². The van der Waals surface area contributed by atoms with Crippen LogP contribution in [0.25, 0.3) is 0 Å². The molecular weight excluding hydrogens is 522 g/mol. The second-order valence-electron chi connectivity index (χ2n) is 10.1. The maximum Gasteiger partial charge on any atom is 0.251 e. The van der Waals surface area contributed by atoms with Gasteiger partial charge in [-0.2, -0.15) is 0 Å². The summed E-state index contributed by atoms with van der Waals surface area (Å²) >= 11 is 8.01. The molecule has 0 bridgehead atoms. The molecule has 4 aliphatic rings. The van der Waals surface area contributed by atoms with E-state index in [0.29, 0.717) is 23.8 Å². The molecule has 1 unspecified atom stereocenters. The summed E-state index contributed by atoms with van der Waals surface area (Å²) in [5.41, 5.74) is 1.34. The molecule has 1 spiro atoms. The first-order valence-electron chi connectivity index (χ1n) is 12.8. The van der Waals surface area contributed by atoms with Crippen molar-refractivity contribution >= 4 is 52.5 Å². The fourth-order valence-electron chi connectivity index (χ4n) is 6.37. The lowest BCUT2D eigenvalue weighted by Gasteiger charge is -2.37. The first kappa shape index (κ1) is 25.2. The molecule has 196 valence electrons. The molecule has 7 nitrogen and oxygen atoms in total. The van der Waals surface area contributed by atoms with Gasteiger partial charge in [0, 0.05) is 24.0 Å². The van der Waals surface area contributed by atoms with Gasteiger partial charge in [0.1, 0.15) is 6.04 Å². The van der Waals surface area contributed by atoms with E-state index in [-0.39, 0.29) is 29.6 Å². The molecule has 0 saturated carbocycles. The molecule has 2 saturated heterocycles. The maximum absolute atomic E-state index is 14.4. The topological polar surface area (TPSA) is 81.2 Å². The maximum atomic E-state index is 14.4. The third-order valence-corrected chi connectivity index (χ3v) is 10.1. The normalized spacial score (nSPS) is 31.1. The van der Waals surface area contributed by atoms with Crippen molar-refractivity contribution in [3.8, 4) is 0 Å². The second-order valence-corrected chi connectivity index (χ2v) is 12.0. The van der Waals surface area contributed by atoms with Gasteiger partial charge in [0.25, 0.3) is 5.91 Å². The van der Waals surface area contributed by atoms with Crippen LogP contribution >= 0.6 is 23.4 Å². The average Bonchev–Trinajstić information content (AvgIpc) is 3.25. The minimum atomic E-state index is -0.956. The number of amides is 3. The number of nitrogens with zero attached hydrogens (tertiary/aromatic N) is 3. The number of hydrogen-bond donors (Lipinski definition) is 1. The Labute approximate surface area is 230 Å². The number of carbonyl (C=O) groups is 3. The van der Waals surface area contributed by atoms with Gasteiger partial charge in [-0.3, -0.25) is 14.4 Å². The van der Waals surface area contributed by atoms with Crippen molar-refractivity contribution in [2.24, 2.45) is 11.8 Å². The van der Waals surface area contributed by atoms with Gasteiger partial charge < -0.3 is 19.8 Å². The molecule has 1 N–H and O–H groups in total. The standard InChI is InChI=1S/C29H28ClN3O4S/c1-18(17-34)33-25-28(37)32(21-12-6-5-11-20(21)30)16-8-14-29(25)24(27(33)36)23-22(38-29)13-7-15-31(26(23)35)19-9-3-2-4-10-19/h2-14,18,22-25,34H,15-17H2,1H3/t18-,22+,23-,24+,25?,29+/m1/s1. The summed E-state index contributed by atoms with van der Waals surface area (Å²) in [5.74, 6) is -2.05. The van der Waals surface area contributed by atoms with Crippen LogP contribution in [0, 0.1) is 11.8 Å². The molecule has 2 fully saturated rings. The lowest BCUT2D eigenvalue weighted by Crippen LogP contribution is -2.56. The predicted molar refractivity (Wildman–Crippen MR) is 149 cm³/mol. The van der Waals surface area contributed by atoms with E-state index in [4.69, 9.17) is 11.6 Å². The molecule has 4 aliphatic heterocycles. The molecule has 0 radical (unpaired) electrons. The molecule has 6 atom stereocenters. The van der Waals surface area contributed by atoms with E-state index in [1.807, 2.05) is 60.7 Å². The van der Waals surface area contributed by atoms with Crippen molar-refractivity contribution in [3.05, 3.63) is 83.9 Å². The zero-order chi connectivity index (χ0) is 26.6. The summed E-state index contributed by atoms with van der Waals surface area (Å²) in [4.78, 5) is 47.6. The summed E-state index contributed by atoms with van der Waals surface area (Å²) in [6.45, 7) is 2.15. The van der Waals surface area contributed by atoms with E-state index >= 15 is 0 Å². The van der Waals surface area contributed by atoms with Crippen LogP contribution in [0.4, 0.5) is 11.4 Å². The number of rotatable bonds is 4. The van der Waals surface area contributed by atoms with Gasteiger partial charge in [0.15, 0.2) is 0 Å². The highest BCUT2D eigenvalue weighted by molar-refractivity contribution is 8.02. The van der Waals surface area contributed by atoms with Crippen LogP contribution in [-0.4, -0.2) is 69.5 Å². The number of halogens is 1. The summed E-state index contributed by atoms with van der Waals surface area (Å²) in [5, 5.41) is 10.3. The number of benzene rings is 2. The Morgan fingerprint density at radius 1 is 0.974 bits per heavy atom. The van der Waals surface area contributed by atoms with E-state index in [2.05, 4.69) is 0 Å². The van der Waals surface area contributed by atoms with Gasteiger partial charge in [0.2, 0.25) is 11.8 Å². The number of fused-ring (bicyclic) bond motifs is 2. The third-order valence-electron chi connectivity index (χ3n) is 8.05. The highest BCUT2D eigenvalue weighted by Gasteiger charge is 2.71. The summed E-state index contributed by atoms with van der Waals surface area (Å²) in [6, 6.07) is 15.1. The van der Waals surface area contributed by atoms with Crippen molar-refractivity contribution in [2.75, 3.05) is 29.5 Å². The van der Waals surface area contributed by atoms with Crippen molar-refractivity contribution in [3.63, 3.8) is 0 Å². The number of para-hydroxylation sites is 2. The minimum Gasteiger partial charge on any atom is -0.394 e. The van der Waals surface area contributed by atoms with Gasteiger partial charge in [0.05, 0.1) is 39.9 Å². The molecule has 0 aromatic heterocycles. The monoisotopic (exact) mass is 549 g/mol. The first-order valence-corrected chi connectivity index (χ1v) is 14.0. The Balaban J connectivity index is 1.47. The molecule has 3 amide bonds. The average molecular weight is 550 g/mol. The Morgan fingerprint density at radius 3 is 2.42 bits per heavy atom. The zero-order valence-electron chi connectivity index (χ0n) is 20.8. The minimum absolute atomic E-state index is 0.126. The molecule has 2 aromatic carbocycles. The number of anilines is 2. The quantitative estimate of drug-likeness (QED) is 0.590. The Kier molecular flexibility index (Phi) is 6.37. The number of aliphatic hydroxyl groups excluding tert-OH is 1. The molecule has 0 aliphatic carbocycles. The van der Waals surface area contributed by atoms with Crippen LogP contribution in [-0.2, 0) is 14.4 Å². The van der Waals surface area contributed by atoms with Gasteiger partial charge in [-0.1, -0.05) is 66.2 Å². The number of aliphatic hydroxyl groups is 1. The Hall–Kier alpha value is -3.07. The Morgan fingerprint density at radius 2 is 1.68 bits per heavy atom. The van der Waals surface area contributed by atoms with Crippen LogP contribution in [0.3, 0.4) is 0 Å². The highest BCUT2D eigenvalue weighted by Crippen LogP contribution is 2.61. The van der Waals surface area contributed by atoms with E-state index in [9.17, 15) is 19.5 Å². The van der Waals surface area contributed by atoms with Crippen molar-refractivity contribution in [1.29, 1.82) is 0 Å². The number of carbonyl (C=O) groups excluding carboxylic acids is 3. The van der Waals surface area contributed by atoms with Gasteiger partial charge >= 0.3 is 0 Å². The molecule has 38 heavy (non-hydrogen) atoms. The lowest BCUT2D eigenvalue weighted by atomic mass is 9.78. The van der Waals surface area contributed by atoms with Crippen LogP contribution in [0.5, 0.6) is 0 Å². The fourth-order valence-corrected chi connectivity index (χ4v) is 8.60. The molecule has 2 aromatic rings. The molecule has 4 heterocycles. The number of likely N-dealkylation sites (tertiary alicyclic amines) is 1. The third kappa shape index (κ3) is 3.65. The van der Waals surface area contributed by atoms with Gasteiger partial charge in [-0.15, -0.1) is 11.8 Å². The smallest absolute Gasteiger partial charge is 0.251 e. The summed E-state index contributed by atoms with van der Waals surface area (Å²) in [6.07, 6.45) is 7.87. The number of thioether (sulfide) groups is 1. The zero-order valence-corrected chi connectivity index (χ0v) is 22.4. The van der Waals surface area contributed by atoms with Crippen molar-refractivity contribution in [1.82, 2.24) is 4.90 Å². The van der Waals surface area contributed by atoms with Gasteiger partial charge in [-0.05, 0) is 31.2 Å². The Bertz CT molecular complexity index is 1350. The van der Waals surface area contributed by atoms with Gasteiger partial charge in [-0.25, -0.2) is 0 Å². The van der Waals surface area contributed by atoms with Crippen molar-refractivity contribution < 1.29 is 19.5 Å². The van der Waals surface area contributed by atoms with Crippen LogP contribution < -0.4 is 9.80 Å². The van der Waals surface area contributed by atoms with Crippen LogP contribution in [0.2, 0.25) is 5.02 Å². The van der Waals surface area contributed by atoms with E-state index in [1.54, 1.807) is 34.9 Å². The van der Waals surface area contributed by atoms with Crippen molar-refractivity contribution in [2.45, 2.75) is 29.0 Å². The molecule has 9 heteroatoms. The predicted octanol–water partition coefficient (Wildman–Crippen LogP) is 3.52. The summed E-state index contributed by atoms with van der Waals surface area (Å²) < 4.78 is -0.956. The first-order chi connectivity index (χ1) is 18.4. The number of hydrogen-bond acceptors (Lipinski definition) is 5.